The maximum atomic E-state index is 12.1. The molecule has 2 N–H and O–H groups in total. The summed E-state index contributed by atoms with van der Waals surface area (Å²) in [5.41, 5.74) is 8.42. The standard InChI is InChI=1S/C26H26N4O3/c1-3-24(31)30-16-14-29(15-17-30)23-13-12-22(26(27)32)25(28-23)19-6-10-21(11-7-19)33-20-8-4-18(2)5-9-20/h3-13H,1,14-17H2,2H3,(H2,27,32). The lowest BCUT2D eigenvalue weighted by Gasteiger charge is -2.35. The quantitative estimate of drug-likeness (QED) is 0.587. The van der Waals surface area contributed by atoms with E-state index >= 15 is 0 Å². The van der Waals surface area contributed by atoms with Gasteiger partial charge in [0, 0.05) is 31.7 Å². The van der Waals surface area contributed by atoms with Gasteiger partial charge in [-0.25, -0.2) is 4.98 Å². The van der Waals surface area contributed by atoms with Crippen molar-refractivity contribution in [1.82, 2.24) is 9.88 Å². The third kappa shape index (κ3) is 5.03. The summed E-state index contributed by atoms with van der Waals surface area (Å²) < 4.78 is 5.90. The summed E-state index contributed by atoms with van der Waals surface area (Å²) in [5, 5.41) is 0. The van der Waals surface area contributed by atoms with E-state index in [-0.39, 0.29) is 5.91 Å². The number of nitrogens with zero attached hydrogens (tertiary/aromatic N) is 3. The minimum atomic E-state index is -0.537. The molecule has 7 heteroatoms. The molecular weight excluding hydrogens is 416 g/mol. The molecule has 0 atom stereocenters. The number of amides is 2. The predicted molar refractivity (Wildman–Crippen MR) is 128 cm³/mol. The molecule has 0 unspecified atom stereocenters. The Morgan fingerprint density at radius 3 is 2.12 bits per heavy atom. The highest BCUT2D eigenvalue weighted by Gasteiger charge is 2.22. The first kappa shape index (κ1) is 22.1. The molecule has 0 saturated carbocycles. The van der Waals surface area contributed by atoms with Crippen LogP contribution in [0.4, 0.5) is 5.82 Å². The van der Waals surface area contributed by atoms with Crippen molar-refractivity contribution in [2.45, 2.75) is 6.92 Å². The second-order valence-electron chi connectivity index (χ2n) is 7.89. The van der Waals surface area contributed by atoms with Gasteiger partial charge in [0.15, 0.2) is 0 Å². The number of benzene rings is 2. The van der Waals surface area contributed by atoms with Crippen molar-refractivity contribution in [3.05, 3.63) is 84.4 Å². The van der Waals surface area contributed by atoms with E-state index in [0.29, 0.717) is 43.2 Å². The fraction of sp³-hybridized carbons (Fsp3) is 0.192. The molecule has 2 amide bonds. The Morgan fingerprint density at radius 2 is 1.55 bits per heavy atom. The van der Waals surface area contributed by atoms with Crippen molar-refractivity contribution < 1.29 is 14.3 Å². The van der Waals surface area contributed by atoms with Gasteiger partial charge in [-0.2, -0.15) is 0 Å². The van der Waals surface area contributed by atoms with Crippen molar-refractivity contribution >= 4 is 17.6 Å². The van der Waals surface area contributed by atoms with E-state index in [4.69, 9.17) is 15.5 Å². The van der Waals surface area contributed by atoms with Gasteiger partial charge in [-0.15, -0.1) is 0 Å². The van der Waals surface area contributed by atoms with Crippen molar-refractivity contribution in [3.63, 3.8) is 0 Å². The zero-order valence-electron chi connectivity index (χ0n) is 18.5. The smallest absolute Gasteiger partial charge is 0.250 e. The number of carbonyl (C=O) groups is 2. The van der Waals surface area contributed by atoms with Crippen molar-refractivity contribution in [3.8, 4) is 22.8 Å². The van der Waals surface area contributed by atoms with Crippen LogP contribution < -0.4 is 15.4 Å². The lowest BCUT2D eigenvalue weighted by molar-refractivity contribution is -0.126. The maximum absolute atomic E-state index is 12.1. The number of piperazine rings is 1. The number of pyridine rings is 1. The van der Waals surface area contributed by atoms with E-state index in [9.17, 15) is 9.59 Å². The monoisotopic (exact) mass is 442 g/mol. The van der Waals surface area contributed by atoms with Gasteiger partial charge in [-0.1, -0.05) is 24.3 Å². The van der Waals surface area contributed by atoms with Crippen LogP contribution in [0.2, 0.25) is 0 Å². The average Bonchev–Trinajstić information content (AvgIpc) is 2.85. The summed E-state index contributed by atoms with van der Waals surface area (Å²) in [4.78, 5) is 32.5. The van der Waals surface area contributed by atoms with Gasteiger partial charge < -0.3 is 20.3 Å². The Balaban J connectivity index is 1.56. The van der Waals surface area contributed by atoms with Crippen molar-refractivity contribution in [2.75, 3.05) is 31.1 Å². The van der Waals surface area contributed by atoms with Crippen LogP contribution in [0.5, 0.6) is 11.5 Å². The van der Waals surface area contributed by atoms with Crippen LogP contribution in [0, 0.1) is 6.92 Å². The molecule has 0 aliphatic carbocycles. The second kappa shape index (κ2) is 9.56. The van der Waals surface area contributed by atoms with Gasteiger partial charge >= 0.3 is 0 Å². The van der Waals surface area contributed by atoms with Crippen LogP contribution in [0.1, 0.15) is 15.9 Å². The van der Waals surface area contributed by atoms with Crippen LogP contribution in [0.25, 0.3) is 11.3 Å². The summed E-state index contributed by atoms with van der Waals surface area (Å²) in [5.74, 6) is 1.56. The number of aromatic nitrogens is 1. The molecule has 33 heavy (non-hydrogen) atoms. The van der Waals surface area contributed by atoms with E-state index in [1.165, 1.54) is 6.08 Å². The highest BCUT2D eigenvalue weighted by molar-refractivity contribution is 5.99. The van der Waals surface area contributed by atoms with Crippen molar-refractivity contribution in [2.24, 2.45) is 5.73 Å². The predicted octanol–water partition coefficient (Wildman–Crippen LogP) is 3.78. The first-order valence-electron chi connectivity index (χ1n) is 10.8. The minimum absolute atomic E-state index is 0.0691. The third-order valence-corrected chi connectivity index (χ3v) is 5.62. The summed E-state index contributed by atoms with van der Waals surface area (Å²) in [6.45, 7) is 8.04. The fourth-order valence-corrected chi connectivity index (χ4v) is 3.75. The van der Waals surface area contributed by atoms with Crippen LogP contribution in [-0.4, -0.2) is 47.9 Å². The van der Waals surface area contributed by atoms with Gasteiger partial charge in [0.05, 0.1) is 11.3 Å². The molecule has 0 spiro atoms. The summed E-state index contributed by atoms with van der Waals surface area (Å²) in [7, 11) is 0. The number of nitrogens with two attached hydrogens (primary N) is 1. The number of hydrogen-bond donors (Lipinski definition) is 1. The van der Waals surface area contributed by atoms with Crippen LogP contribution >= 0.6 is 0 Å². The van der Waals surface area contributed by atoms with E-state index in [1.54, 1.807) is 17.0 Å². The highest BCUT2D eigenvalue weighted by Crippen LogP contribution is 2.29. The fourth-order valence-electron chi connectivity index (χ4n) is 3.75. The highest BCUT2D eigenvalue weighted by atomic mass is 16.5. The molecule has 1 aliphatic rings. The van der Waals surface area contributed by atoms with E-state index < -0.39 is 5.91 Å². The Kier molecular flexibility index (Phi) is 6.40. The SMILES string of the molecule is C=CC(=O)N1CCN(c2ccc(C(N)=O)c(-c3ccc(Oc4ccc(C)cc4)cc3)n2)CC1. The van der Waals surface area contributed by atoms with E-state index in [1.807, 2.05) is 55.5 Å². The average molecular weight is 443 g/mol. The summed E-state index contributed by atoms with van der Waals surface area (Å²) in [6.07, 6.45) is 1.33. The van der Waals surface area contributed by atoms with Gasteiger partial charge in [0.1, 0.15) is 17.3 Å². The molecule has 168 valence electrons. The molecule has 0 radical (unpaired) electrons. The number of aryl methyl sites for hydroxylation is 1. The third-order valence-electron chi connectivity index (χ3n) is 5.62. The van der Waals surface area contributed by atoms with Crippen molar-refractivity contribution in [1.29, 1.82) is 0 Å². The molecule has 3 aromatic rings. The van der Waals surface area contributed by atoms with E-state index in [0.717, 1.165) is 22.7 Å². The molecule has 7 nitrogen and oxygen atoms in total. The Bertz CT molecular complexity index is 1170. The molecule has 4 rings (SSSR count). The molecule has 1 saturated heterocycles. The molecule has 1 fully saturated rings. The number of primary amides is 1. The number of ether oxygens (including phenoxy) is 1. The summed E-state index contributed by atoms with van der Waals surface area (Å²) in [6, 6.07) is 18.7. The normalized spacial score (nSPS) is 13.5. The maximum Gasteiger partial charge on any atom is 0.250 e. The van der Waals surface area contributed by atoms with E-state index in [2.05, 4.69) is 11.5 Å². The molecular formula is C26H26N4O3. The number of rotatable bonds is 6. The van der Waals surface area contributed by atoms with Crippen LogP contribution in [-0.2, 0) is 4.79 Å². The molecule has 1 aromatic heterocycles. The topological polar surface area (TPSA) is 88.8 Å². The minimum Gasteiger partial charge on any atom is -0.457 e. The lowest BCUT2D eigenvalue weighted by Crippen LogP contribution is -2.48. The zero-order valence-corrected chi connectivity index (χ0v) is 18.5. The zero-order chi connectivity index (χ0) is 23.4. The second-order valence-corrected chi connectivity index (χ2v) is 7.89. The van der Waals surface area contributed by atoms with Gasteiger partial charge in [0.25, 0.3) is 5.91 Å². The molecule has 2 heterocycles. The first-order chi connectivity index (χ1) is 15.9. The molecule has 2 aromatic carbocycles. The number of hydrogen-bond acceptors (Lipinski definition) is 5. The van der Waals surface area contributed by atoms with Crippen LogP contribution in [0.3, 0.4) is 0 Å². The van der Waals surface area contributed by atoms with Crippen LogP contribution in [0.15, 0.2) is 73.3 Å². The Labute approximate surface area is 193 Å². The molecule has 0 bridgehead atoms. The number of carbonyl (C=O) groups excluding carboxylic acids is 2. The molecule has 1 aliphatic heterocycles. The van der Waals surface area contributed by atoms with Gasteiger partial charge in [-0.3, -0.25) is 9.59 Å². The largest absolute Gasteiger partial charge is 0.457 e. The van der Waals surface area contributed by atoms with Gasteiger partial charge in [0.2, 0.25) is 5.91 Å². The lowest BCUT2D eigenvalue weighted by atomic mass is 10.0. The summed E-state index contributed by atoms with van der Waals surface area (Å²) >= 11 is 0. The Hall–Kier alpha value is -4.13. The first-order valence-corrected chi connectivity index (χ1v) is 10.8. The Morgan fingerprint density at radius 1 is 0.939 bits per heavy atom. The number of anilines is 1. The van der Waals surface area contributed by atoms with Gasteiger partial charge in [-0.05, 0) is 61.5 Å².